The van der Waals surface area contributed by atoms with Crippen LogP contribution in [-0.2, 0) is 0 Å². The van der Waals surface area contributed by atoms with Gasteiger partial charge in [-0.2, -0.15) is 0 Å². The van der Waals surface area contributed by atoms with Crippen LogP contribution in [0.3, 0.4) is 0 Å². The molecule has 0 aliphatic heterocycles. The Morgan fingerprint density at radius 2 is 2.43 bits per heavy atom. The van der Waals surface area contributed by atoms with Gasteiger partial charge in [-0.25, -0.2) is 0 Å². The van der Waals surface area contributed by atoms with Crippen LogP contribution in [0.2, 0.25) is 0 Å². The minimum absolute atomic E-state index is 0.0347. The van der Waals surface area contributed by atoms with Crippen LogP contribution < -0.4 is 11.3 Å². The molecule has 0 saturated carbocycles. The first-order valence-electron chi connectivity index (χ1n) is 4.24. The number of hydrogen-bond donors (Lipinski definition) is 2. The summed E-state index contributed by atoms with van der Waals surface area (Å²) >= 11 is 3.36. The molecule has 1 atom stereocenters. The van der Waals surface area contributed by atoms with Crippen molar-refractivity contribution in [1.29, 1.82) is 0 Å². The number of pyridine rings is 1. The summed E-state index contributed by atoms with van der Waals surface area (Å²) in [6, 6.07) is 2.02. The molecule has 0 aliphatic rings. The molecule has 3 N–H and O–H groups in total. The summed E-state index contributed by atoms with van der Waals surface area (Å²) in [6.45, 7) is 1.81. The maximum atomic E-state index is 5.43. The van der Waals surface area contributed by atoms with Crippen molar-refractivity contribution in [1.82, 2.24) is 10.4 Å². The monoisotopic (exact) mass is 253 g/mol. The van der Waals surface area contributed by atoms with Gasteiger partial charge in [-0.1, -0.05) is 0 Å². The molecule has 0 aliphatic carbocycles. The normalized spacial score (nSPS) is 11.6. The molecule has 1 heterocycles. The van der Waals surface area contributed by atoms with E-state index >= 15 is 0 Å². The van der Waals surface area contributed by atoms with E-state index in [4.69, 9.17) is 5.84 Å². The largest absolute Gasteiger partial charge is 0.271 e. The van der Waals surface area contributed by atoms with Crippen LogP contribution in [0.5, 0.6) is 0 Å². The van der Waals surface area contributed by atoms with Crippen molar-refractivity contribution in [3.8, 4) is 11.8 Å². The molecular weight excluding hydrogens is 242 g/mol. The van der Waals surface area contributed by atoms with Gasteiger partial charge in [0, 0.05) is 23.3 Å². The van der Waals surface area contributed by atoms with E-state index in [1.807, 2.05) is 13.0 Å². The lowest BCUT2D eigenvalue weighted by atomic mass is 10.1. The van der Waals surface area contributed by atoms with Gasteiger partial charge in [-0.05, 0) is 34.5 Å². The van der Waals surface area contributed by atoms with E-state index in [1.54, 1.807) is 12.4 Å². The molecule has 1 unspecified atom stereocenters. The molecule has 0 amide bonds. The lowest BCUT2D eigenvalue weighted by Crippen LogP contribution is -2.27. The minimum Gasteiger partial charge on any atom is -0.271 e. The first-order chi connectivity index (χ1) is 6.77. The number of nitrogens with zero attached hydrogens (tertiary/aromatic N) is 1. The number of nitrogens with two attached hydrogens (primary N) is 1. The molecule has 1 aromatic heterocycles. The van der Waals surface area contributed by atoms with Crippen molar-refractivity contribution in [2.75, 3.05) is 0 Å². The summed E-state index contributed by atoms with van der Waals surface area (Å²) in [5.74, 6) is 11.3. The van der Waals surface area contributed by atoms with Gasteiger partial charge in [0.2, 0.25) is 0 Å². The molecule has 0 aromatic carbocycles. The summed E-state index contributed by atoms with van der Waals surface area (Å²) in [5, 5.41) is 0. The molecule has 3 nitrogen and oxygen atoms in total. The van der Waals surface area contributed by atoms with Gasteiger partial charge in [0.15, 0.2) is 0 Å². The zero-order chi connectivity index (χ0) is 10.4. The Balaban J connectivity index is 2.81. The van der Waals surface area contributed by atoms with Gasteiger partial charge >= 0.3 is 0 Å². The Morgan fingerprint density at radius 3 is 3.00 bits per heavy atom. The second kappa shape index (κ2) is 5.76. The first-order valence-corrected chi connectivity index (χ1v) is 5.03. The number of rotatable bonds is 3. The number of aromatic nitrogens is 1. The number of nitrogens with one attached hydrogen (secondary N) is 1. The molecule has 0 spiro atoms. The van der Waals surface area contributed by atoms with Crippen LogP contribution in [0.25, 0.3) is 0 Å². The van der Waals surface area contributed by atoms with E-state index < -0.39 is 0 Å². The molecule has 0 bridgehead atoms. The second-order valence-corrected chi connectivity index (χ2v) is 3.70. The fourth-order valence-corrected chi connectivity index (χ4v) is 1.48. The van der Waals surface area contributed by atoms with Crippen molar-refractivity contribution in [2.24, 2.45) is 5.84 Å². The number of hydrogen-bond acceptors (Lipinski definition) is 3. The van der Waals surface area contributed by atoms with E-state index in [0.29, 0.717) is 6.42 Å². The molecule has 74 valence electrons. The van der Waals surface area contributed by atoms with Crippen molar-refractivity contribution < 1.29 is 0 Å². The Morgan fingerprint density at radius 1 is 1.64 bits per heavy atom. The summed E-state index contributed by atoms with van der Waals surface area (Å²) in [6.07, 6.45) is 4.21. The third-order valence-electron chi connectivity index (χ3n) is 1.81. The van der Waals surface area contributed by atoms with Gasteiger partial charge in [-0.3, -0.25) is 16.3 Å². The van der Waals surface area contributed by atoms with E-state index in [9.17, 15) is 0 Å². The third-order valence-corrected chi connectivity index (χ3v) is 2.25. The standard InChI is InChI=1S/C10H12BrN3/c1-2-3-4-10(14-12)8-5-9(11)7-13-6-8/h5-7,10,14H,4,12H2,1H3. The van der Waals surface area contributed by atoms with Crippen LogP contribution in [0.4, 0.5) is 0 Å². The van der Waals surface area contributed by atoms with E-state index in [-0.39, 0.29) is 6.04 Å². The predicted molar refractivity (Wildman–Crippen MR) is 60.1 cm³/mol. The zero-order valence-electron chi connectivity index (χ0n) is 7.92. The minimum atomic E-state index is 0.0347. The highest BCUT2D eigenvalue weighted by molar-refractivity contribution is 9.10. The lowest BCUT2D eigenvalue weighted by Gasteiger charge is -2.12. The van der Waals surface area contributed by atoms with Gasteiger partial charge in [-0.15, -0.1) is 11.8 Å². The predicted octanol–water partition coefficient (Wildman–Crippen LogP) is 1.76. The molecule has 1 aromatic rings. The molecule has 0 fully saturated rings. The maximum absolute atomic E-state index is 5.43. The highest BCUT2D eigenvalue weighted by Crippen LogP contribution is 2.18. The van der Waals surface area contributed by atoms with Crippen molar-refractivity contribution in [2.45, 2.75) is 19.4 Å². The number of hydrazine groups is 1. The number of halogens is 1. The van der Waals surface area contributed by atoms with Crippen molar-refractivity contribution in [3.63, 3.8) is 0 Å². The van der Waals surface area contributed by atoms with Gasteiger partial charge in [0.25, 0.3) is 0 Å². The molecule has 14 heavy (non-hydrogen) atoms. The highest BCUT2D eigenvalue weighted by Gasteiger charge is 2.08. The fourth-order valence-electron chi connectivity index (χ4n) is 1.10. The fraction of sp³-hybridized carbons (Fsp3) is 0.300. The highest BCUT2D eigenvalue weighted by atomic mass is 79.9. The Hall–Kier alpha value is -0.890. The van der Waals surface area contributed by atoms with Crippen molar-refractivity contribution in [3.05, 3.63) is 28.5 Å². The van der Waals surface area contributed by atoms with Crippen LogP contribution in [0, 0.1) is 11.8 Å². The summed E-state index contributed by atoms with van der Waals surface area (Å²) in [7, 11) is 0. The first kappa shape index (κ1) is 11.2. The molecule has 4 heteroatoms. The van der Waals surface area contributed by atoms with Crippen molar-refractivity contribution >= 4 is 15.9 Å². The average molecular weight is 254 g/mol. The topological polar surface area (TPSA) is 50.9 Å². The third kappa shape index (κ3) is 3.11. The average Bonchev–Trinajstić information content (AvgIpc) is 2.19. The van der Waals surface area contributed by atoms with Crippen LogP contribution in [0.15, 0.2) is 22.9 Å². The maximum Gasteiger partial charge on any atom is 0.0584 e. The van der Waals surface area contributed by atoms with E-state index in [1.165, 1.54) is 0 Å². The van der Waals surface area contributed by atoms with Crippen LogP contribution in [-0.4, -0.2) is 4.98 Å². The Labute approximate surface area is 92.2 Å². The summed E-state index contributed by atoms with van der Waals surface area (Å²) in [5.41, 5.74) is 3.75. The second-order valence-electron chi connectivity index (χ2n) is 2.79. The molecule has 0 radical (unpaired) electrons. The SMILES string of the molecule is CC#CCC(NN)c1cncc(Br)c1. The van der Waals surface area contributed by atoms with Gasteiger partial charge in [0.1, 0.15) is 0 Å². The van der Waals surface area contributed by atoms with E-state index in [0.717, 1.165) is 10.0 Å². The summed E-state index contributed by atoms with van der Waals surface area (Å²) in [4.78, 5) is 4.07. The Kier molecular flexibility index (Phi) is 4.60. The van der Waals surface area contributed by atoms with Crippen LogP contribution >= 0.6 is 15.9 Å². The zero-order valence-corrected chi connectivity index (χ0v) is 9.51. The lowest BCUT2D eigenvalue weighted by molar-refractivity contribution is 0.566. The van der Waals surface area contributed by atoms with Gasteiger partial charge < -0.3 is 0 Å². The molecule has 1 rings (SSSR count). The van der Waals surface area contributed by atoms with Crippen LogP contribution in [0.1, 0.15) is 24.9 Å². The summed E-state index contributed by atoms with van der Waals surface area (Å²) < 4.78 is 0.944. The van der Waals surface area contributed by atoms with E-state index in [2.05, 4.69) is 38.2 Å². The smallest absolute Gasteiger partial charge is 0.0584 e. The van der Waals surface area contributed by atoms with Gasteiger partial charge in [0.05, 0.1) is 6.04 Å². The molecular formula is C10H12BrN3. The quantitative estimate of drug-likeness (QED) is 0.491. The Bertz CT molecular complexity index is 354. The molecule has 0 saturated heterocycles.